The van der Waals surface area contributed by atoms with E-state index < -0.39 is 0 Å². The zero-order valence-corrected chi connectivity index (χ0v) is 17.3. The summed E-state index contributed by atoms with van der Waals surface area (Å²) in [7, 11) is 1.79. The monoisotopic (exact) mass is 413 g/mol. The Hall–Kier alpha value is -2.74. The molecule has 0 saturated heterocycles. The summed E-state index contributed by atoms with van der Waals surface area (Å²) in [5.74, 6) is 1.26. The van der Waals surface area contributed by atoms with Gasteiger partial charge < -0.3 is 9.80 Å². The van der Waals surface area contributed by atoms with Crippen LogP contribution >= 0.6 is 11.6 Å². The molecule has 152 valence electrons. The first-order valence-corrected chi connectivity index (χ1v) is 10.3. The molecule has 0 spiro atoms. The lowest BCUT2D eigenvalue weighted by atomic mass is 10.0. The Kier molecular flexibility index (Phi) is 5.62. The topological polar surface area (TPSA) is 86.6 Å². The lowest BCUT2D eigenvalue weighted by molar-refractivity contribution is -0.120. The van der Waals surface area contributed by atoms with E-state index in [9.17, 15) is 4.79 Å². The number of fused-ring (bicyclic) bond motifs is 1. The first-order valence-electron chi connectivity index (χ1n) is 9.92. The van der Waals surface area contributed by atoms with Gasteiger partial charge in [-0.25, -0.2) is 15.4 Å². The maximum absolute atomic E-state index is 12.9. The van der Waals surface area contributed by atoms with Crippen molar-refractivity contribution in [1.82, 2.24) is 15.0 Å². The second-order valence-corrected chi connectivity index (χ2v) is 7.68. The van der Waals surface area contributed by atoms with Crippen molar-refractivity contribution in [3.8, 4) is 0 Å². The van der Waals surface area contributed by atoms with Crippen LogP contribution in [-0.4, -0.2) is 46.2 Å². The lowest BCUT2D eigenvalue weighted by Crippen LogP contribution is -2.55. The van der Waals surface area contributed by atoms with E-state index in [1.807, 2.05) is 13.0 Å². The molecule has 0 bridgehead atoms. The van der Waals surface area contributed by atoms with Crippen LogP contribution in [0.25, 0.3) is 0 Å². The van der Waals surface area contributed by atoms with E-state index in [1.54, 1.807) is 36.6 Å². The first-order chi connectivity index (χ1) is 14.1. The van der Waals surface area contributed by atoms with Crippen LogP contribution in [-0.2, 0) is 4.79 Å². The van der Waals surface area contributed by atoms with Gasteiger partial charge in [-0.15, -0.1) is 0 Å². The first kappa shape index (κ1) is 19.6. The molecule has 1 aliphatic heterocycles. The number of nitrogens with zero attached hydrogens (tertiary/aromatic N) is 6. The highest BCUT2D eigenvalue weighted by atomic mass is 35.5. The summed E-state index contributed by atoms with van der Waals surface area (Å²) in [6.07, 6.45) is 10.2. The average molecular weight is 414 g/mol. The van der Waals surface area contributed by atoms with Crippen LogP contribution in [0, 0.1) is 0 Å². The summed E-state index contributed by atoms with van der Waals surface area (Å²) in [5.41, 5.74) is 4.30. The van der Waals surface area contributed by atoms with Gasteiger partial charge in [0.15, 0.2) is 5.82 Å². The maximum Gasteiger partial charge on any atom is 0.249 e. The molecular weight excluding hydrogens is 390 g/mol. The molecule has 2 aliphatic rings. The normalized spacial score (nSPS) is 19.8. The number of nitrogens with one attached hydrogen (secondary N) is 1. The summed E-state index contributed by atoms with van der Waals surface area (Å²) in [4.78, 5) is 29.9. The van der Waals surface area contributed by atoms with E-state index in [1.165, 1.54) is 12.8 Å². The number of carbonyl (C=O) groups is 1. The molecule has 1 saturated carbocycles. The maximum atomic E-state index is 12.9. The van der Waals surface area contributed by atoms with Crippen molar-refractivity contribution in [3.05, 3.63) is 35.2 Å². The molecule has 1 fully saturated rings. The average Bonchev–Trinajstić information content (AvgIpc) is 3.26. The molecule has 9 heteroatoms. The van der Waals surface area contributed by atoms with Crippen molar-refractivity contribution < 1.29 is 4.79 Å². The number of anilines is 3. The molecule has 1 unspecified atom stereocenters. The van der Waals surface area contributed by atoms with Crippen molar-refractivity contribution in [1.29, 1.82) is 0 Å². The summed E-state index contributed by atoms with van der Waals surface area (Å²) in [5, 5.41) is 4.57. The highest BCUT2D eigenvalue weighted by Crippen LogP contribution is 2.39. The van der Waals surface area contributed by atoms with Crippen molar-refractivity contribution >= 4 is 41.2 Å². The fourth-order valence-corrected chi connectivity index (χ4v) is 4.26. The predicted octanol–water partition coefficient (Wildman–Crippen LogP) is 3.48. The quantitative estimate of drug-likeness (QED) is 0.458. The van der Waals surface area contributed by atoms with E-state index in [0.717, 1.165) is 30.8 Å². The highest BCUT2D eigenvalue weighted by molar-refractivity contribution is 6.31. The molecule has 1 amide bonds. The van der Waals surface area contributed by atoms with E-state index in [0.29, 0.717) is 22.7 Å². The third-order valence-electron chi connectivity index (χ3n) is 5.57. The minimum atomic E-state index is -0.198. The summed E-state index contributed by atoms with van der Waals surface area (Å²) >= 11 is 6.05. The van der Waals surface area contributed by atoms with E-state index in [-0.39, 0.29) is 11.9 Å². The Morgan fingerprint density at radius 2 is 2.14 bits per heavy atom. The number of halogens is 1. The van der Waals surface area contributed by atoms with Crippen LogP contribution in [0.3, 0.4) is 0 Å². The molecular formula is C20H24ClN7O. The minimum absolute atomic E-state index is 0.0976. The Morgan fingerprint density at radius 1 is 1.34 bits per heavy atom. The third-order valence-corrected chi connectivity index (χ3v) is 5.88. The molecule has 8 nitrogen and oxygen atoms in total. The van der Waals surface area contributed by atoms with Gasteiger partial charge in [0, 0.05) is 24.8 Å². The second kappa shape index (κ2) is 8.32. The number of likely N-dealkylation sites (N-methyl/N-ethyl adjacent to an activating group) is 1. The highest BCUT2D eigenvalue weighted by Gasteiger charge is 2.41. The number of pyridine rings is 1. The fourth-order valence-electron chi connectivity index (χ4n) is 4.09. The van der Waals surface area contributed by atoms with Gasteiger partial charge in [0.2, 0.25) is 11.9 Å². The Labute approximate surface area is 175 Å². The fraction of sp³-hybridized carbons (Fsp3) is 0.450. The Bertz CT molecular complexity index is 929. The van der Waals surface area contributed by atoms with Crippen LogP contribution in [0.15, 0.2) is 29.6 Å². The summed E-state index contributed by atoms with van der Waals surface area (Å²) in [6.45, 7) is 2.05. The largest absolute Gasteiger partial charge is 0.340 e. The molecule has 2 aromatic rings. The van der Waals surface area contributed by atoms with Crippen molar-refractivity contribution in [3.63, 3.8) is 0 Å². The zero-order valence-electron chi connectivity index (χ0n) is 16.5. The summed E-state index contributed by atoms with van der Waals surface area (Å²) < 4.78 is 0. The number of carbonyl (C=O) groups excluding carboxylic acids is 1. The molecule has 0 aromatic carbocycles. The van der Waals surface area contributed by atoms with E-state index >= 15 is 0 Å². The number of amides is 1. The number of hydrazone groups is 1. The van der Waals surface area contributed by atoms with Gasteiger partial charge in [0.1, 0.15) is 16.9 Å². The number of hydrogen-bond acceptors (Lipinski definition) is 7. The van der Waals surface area contributed by atoms with Gasteiger partial charge in [-0.2, -0.15) is 10.1 Å². The molecule has 1 atom stereocenters. The molecule has 3 heterocycles. The Balaban J connectivity index is 1.64. The van der Waals surface area contributed by atoms with Crippen molar-refractivity contribution in [2.24, 2.45) is 5.10 Å². The number of aromatic nitrogens is 3. The minimum Gasteiger partial charge on any atom is -0.340 e. The van der Waals surface area contributed by atoms with Gasteiger partial charge in [0.25, 0.3) is 0 Å². The zero-order chi connectivity index (χ0) is 20.4. The molecule has 29 heavy (non-hydrogen) atoms. The van der Waals surface area contributed by atoms with Crippen LogP contribution < -0.4 is 15.2 Å². The van der Waals surface area contributed by atoms with Crippen molar-refractivity contribution in [2.45, 2.75) is 51.1 Å². The second-order valence-electron chi connectivity index (χ2n) is 7.32. The standard InChI is InChI=1S/C20H24ClN7O/c1-3-15-19(29)27(2)16-12-23-20(25-18(16)28(15)14-8-4-5-9-14)26-24-11-13-7-6-10-22-17(13)21/h6-7,10-12,14-15H,3-5,8-9H2,1-2H3,(H,23,25,26)/b24-11+. The molecule has 1 N–H and O–H groups in total. The predicted molar refractivity (Wildman–Crippen MR) is 115 cm³/mol. The number of rotatable bonds is 5. The van der Waals surface area contributed by atoms with Gasteiger partial charge in [-0.05, 0) is 31.4 Å². The van der Waals surface area contributed by atoms with Gasteiger partial charge in [0.05, 0.1) is 12.4 Å². The van der Waals surface area contributed by atoms with Gasteiger partial charge >= 0.3 is 0 Å². The van der Waals surface area contributed by atoms with E-state index in [4.69, 9.17) is 16.6 Å². The van der Waals surface area contributed by atoms with E-state index in [2.05, 4.69) is 25.4 Å². The van der Waals surface area contributed by atoms with Crippen LogP contribution in [0.5, 0.6) is 0 Å². The van der Waals surface area contributed by atoms with Crippen molar-refractivity contribution in [2.75, 3.05) is 22.3 Å². The SMILES string of the molecule is CCC1C(=O)N(C)c2cnc(N/N=C/c3cccnc3Cl)nc2N1C1CCCC1. The van der Waals surface area contributed by atoms with Crippen LogP contribution in [0.1, 0.15) is 44.6 Å². The Morgan fingerprint density at radius 3 is 2.86 bits per heavy atom. The lowest BCUT2D eigenvalue weighted by Gasteiger charge is -2.43. The molecule has 4 rings (SSSR count). The van der Waals surface area contributed by atoms with Gasteiger partial charge in [-0.1, -0.05) is 31.4 Å². The third kappa shape index (κ3) is 3.76. The molecule has 1 aliphatic carbocycles. The summed E-state index contributed by atoms with van der Waals surface area (Å²) in [6, 6.07) is 3.75. The smallest absolute Gasteiger partial charge is 0.249 e. The number of hydrogen-bond donors (Lipinski definition) is 1. The molecule has 0 radical (unpaired) electrons. The van der Waals surface area contributed by atoms with Gasteiger partial charge in [-0.3, -0.25) is 4.79 Å². The van der Waals surface area contributed by atoms with Crippen LogP contribution in [0.2, 0.25) is 5.15 Å². The molecule has 2 aromatic heterocycles. The van der Waals surface area contributed by atoms with Crippen LogP contribution in [0.4, 0.5) is 17.5 Å².